The molecule has 20 heavy (non-hydrogen) atoms. The van der Waals surface area contributed by atoms with Gasteiger partial charge < -0.3 is 10.5 Å². The normalized spacial score (nSPS) is 11.1. The topological polar surface area (TPSA) is 53.1 Å². The van der Waals surface area contributed by atoms with Crippen LogP contribution in [0.15, 0.2) is 24.3 Å². The zero-order valence-electron chi connectivity index (χ0n) is 12.7. The van der Waals surface area contributed by atoms with Gasteiger partial charge in [-0.25, -0.2) is 4.68 Å². The predicted octanol–water partition coefficient (Wildman–Crippen LogP) is 2.81. The van der Waals surface area contributed by atoms with Crippen LogP contribution in [0, 0.1) is 6.92 Å². The molecule has 2 rings (SSSR count). The quantitative estimate of drug-likeness (QED) is 0.911. The van der Waals surface area contributed by atoms with Gasteiger partial charge in [0.2, 0.25) is 5.88 Å². The highest BCUT2D eigenvalue weighted by Crippen LogP contribution is 2.30. The number of nitrogens with two attached hydrogens (primary N) is 1. The highest BCUT2D eigenvalue weighted by molar-refractivity contribution is 5.43. The maximum absolute atomic E-state index is 5.73. The molecule has 0 fully saturated rings. The van der Waals surface area contributed by atoms with Gasteiger partial charge in [-0.15, -0.1) is 0 Å². The second-order valence-corrected chi connectivity index (χ2v) is 5.32. The number of aromatic nitrogens is 2. The Morgan fingerprint density at radius 3 is 2.65 bits per heavy atom. The van der Waals surface area contributed by atoms with Crippen molar-refractivity contribution in [2.75, 3.05) is 13.7 Å². The van der Waals surface area contributed by atoms with Crippen molar-refractivity contribution in [1.29, 1.82) is 0 Å². The van der Waals surface area contributed by atoms with E-state index in [-0.39, 0.29) is 0 Å². The van der Waals surface area contributed by atoms with Gasteiger partial charge in [0.15, 0.2) is 0 Å². The third-order valence-corrected chi connectivity index (χ3v) is 3.35. The maximum Gasteiger partial charge on any atom is 0.219 e. The SMILES string of the molecule is COc1c(CCN)c(C(C)C)nn1-c1cccc(C)c1. The molecule has 0 aliphatic heterocycles. The summed E-state index contributed by atoms with van der Waals surface area (Å²) in [5.74, 6) is 1.14. The predicted molar refractivity (Wildman–Crippen MR) is 81.7 cm³/mol. The van der Waals surface area contributed by atoms with E-state index in [0.717, 1.165) is 29.2 Å². The van der Waals surface area contributed by atoms with Gasteiger partial charge in [0.05, 0.1) is 18.5 Å². The Labute approximate surface area is 120 Å². The van der Waals surface area contributed by atoms with E-state index in [1.807, 2.05) is 16.8 Å². The van der Waals surface area contributed by atoms with Gasteiger partial charge in [-0.3, -0.25) is 0 Å². The third-order valence-electron chi connectivity index (χ3n) is 3.35. The number of rotatable bonds is 5. The van der Waals surface area contributed by atoms with Crippen LogP contribution in [0.5, 0.6) is 5.88 Å². The first-order valence-electron chi connectivity index (χ1n) is 7.01. The molecule has 0 spiro atoms. The van der Waals surface area contributed by atoms with Crippen molar-refractivity contribution < 1.29 is 4.74 Å². The van der Waals surface area contributed by atoms with Crippen LogP contribution in [-0.4, -0.2) is 23.4 Å². The summed E-state index contributed by atoms with van der Waals surface area (Å²) < 4.78 is 7.48. The van der Waals surface area contributed by atoms with Crippen LogP contribution < -0.4 is 10.5 Å². The average molecular weight is 273 g/mol. The zero-order valence-corrected chi connectivity index (χ0v) is 12.7. The highest BCUT2D eigenvalue weighted by atomic mass is 16.5. The first-order chi connectivity index (χ1) is 9.58. The number of benzene rings is 1. The molecule has 0 saturated carbocycles. The van der Waals surface area contributed by atoms with Gasteiger partial charge in [0.25, 0.3) is 0 Å². The number of aryl methyl sites for hydroxylation is 1. The highest BCUT2D eigenvalue weighted by Gasteiger charge is 2.20. The van der Waals surface area contributed by atoms with Crippen LogP contribution >= 0.6 is 0 Å². The number of hydrogen-bond acceptors (Lipinski definition) is 3. The second kappa shape index (κ2) is 6.09. The van der Waals surface area contributed by atoms with Crippen LogP contribution in [0.3, 0.4) is 0 Å². The van der Waals surface area contributed by atoms with E-state index in [9.17, 15) is 0 Å². The van der Waals surface area contributed by atoms with Crippen LogP contribution in [0.1, 0.15) is 36.6 Å². The Hall–Kier alpha value is -1.81. The summed E-state index contributed by atoms with van der Waals surface area (Å²) in [4.78, 5) is 0. The number of methoxy groups -OCH3 is 1. The van der Waals surface area contributed by atoms with Gasteiger partial charge >= 0.3 is 0 Å². The Kier molecular flexibility index (Phi) is 4.45. The van der Waals surface area contributed by atoms with E-state index in [0.29, 0.717) is 12.5 Å². The molecule has 1 aromatic carbocycles. The van der Waals surface area contributed by atoms with Gasteiger partial charge in [-0.05, 0) is 43.5 Å². The Balaban J connectivity index is 2.61. The lowest BCUT2D eigenvalue weighted by Gasteiger charge is -2.08. The minimum atomic E-state index is 0.344. The fourth-order valence-corrected chi connectivity index (χ4v) is 2.44. The molecule has 0 atom stereocenters. The molecule has 0 unspecified atom stereocenters. The van der Waals surface area contributed by atoms with E-state index < -0.39 is 0 Å². The summed E-state index contributed by atoms with van der Waals surface area (Å²) in [7, 11) is 1.69. The standard InChI is InChI=1S/C16H23N3O/c1-11(2)15-14(8-9-17)16(20-4)19(18-15)13-7-5-6-12(3)10-13/h5-7,10-11H,8-9,17H2,1-4H3. The molecule has 1 aromatic heterocycles. The summed E-state index contributed by atoms with van der Waals surface area (Å²) in [6.07, 6.45) is 0.780. The summed E-state index contributed by atoms with van der Waals surface area (Å²) in [5.41, 5.74) is 10.1. The van der Waals surface area contributed by atoms with Crippen molar-refractivity contribution in [2.45, 2.75) is 33.1 Å². The van der Waals surface area contributed by atoms with Gasteiger partial charge in [0, 0.05) is 5.56 Å². The fourth-order valence-electron chi connectivity index (χ4n) is 2.44. The molecule has 4 heteroatoms. The van der Waals surface area contributed by atoms with E-state index in [4.69, 9.17) is 15.6 Å². The molecule has 108 valence electrons. The Bertz CT molecular complexity index is 587. The lowest BCUT2D eigenvalue weighted by atomic mass is 10.0. The van der Waals surface area contributed by atoms with E-state index in [1.54, 1.807) is 7.11 Å². The molecule has 2 aromatic rings. The molecule has 0 saturated heterocycles. The molecule has 0 aliphatic rings. The molecule has 0 radical (unpaired) electrons. The largest absolute Gasteiger partial charge is 0.481 e. The minimum Gasteiger partial charge on any atom is -0.481 e. The summed E-state index contributed by atoms with van der Waals surface area (Å²) >= 11 is 0. The van der Waals surface area contributed by atoms with E-state index in [1.165, 1.54) is 5.56 Å². The number of ether oxygens (including phenoxy) is 1. The lowest BCUT2D eigenvalue weighted by Crippen LogP contribution is -2.06. The van der Waals surface area contributed by atoms with Crippen molar-refractivity contribution in [2.24, 2.45) is 5.73 Å². The molecule has 4 nitrogen and oxygen atoms in total. The average Bonchev–Trinajstić information content (AvgIpc) is 2.78. The smallest absolute Gasteiger partial charge is 0.219 e. The summed E-state index contributed by atoms with van der Waals surface area (Å²) in [6.45, 7) is 6.95. The van der Waals surface area contributed by atoms with E-state index >= 15 is 0 Å². The molecule has 0 aliphatic carbocycles. The first-order valence-corrected chi connectivity index (χ1v) is 7.01. The monoisotopic (exact) mass is 273 g/mol. The van der Waals surface area contributed by atoms with Crippen molar-refractivity contribution in [1.82, 2.24) is 9.78 Å². The van der Waals surface area contributed by atoms with Crippen LogP contribution in [0.2, 0.25) is 0 Å². The van der Waals surface area contributed by atoms with Crippen molar-refractivity contribution >= 4 is 0 Å². The third kappa shape index (κ3) is 2.70. The van der Waals surface area contributed by atoms with Gasteiger partial charge in [-0.2, -0.15) is 5.10 Å². The maximum atomic E-state index is 5.73. The van der Waals surface area contributed by atoms with Crippen LogP contribution in [0.4, 0.5) is 0 Å². The Morgan fingerprint density at radius 1 is 1.35 bits per heavy atom. The van der Waals surface area contributed by atoms with Gasteiger partial charge in [-0.1, -0.05) is 26.0 Å². The van der Waals surface area contributed by atoms with E-state index in [2.05, 4.69) is 32.9 Å². The first kappa shape index (κ1) is 14.6. The zero-order chi connectivity index (χ0) is 14.7. The summed E-state index contributed by atoms with van der Waals surface area (Å²) in [5, 5.41) is 4.75. The molecule has 2 N–H and O–H groups in total. The molecular weight excluding hydrogens is 250 g/mol. The Morgan fingerprint density at radius 2 is 2.10 bits per heavy atom. The van der Waals surface area contributed by atoms with Crippen molar-refractivity contribution in [3.8, 4) is 11.6 Å². The molecular formula is C16H23N3O. The summed E-state index contributed by atoms with van der Waals surface area (Å²) in [6, 6.07) is 8.25. The van der Waals surface area contributed by atoms with Crippen molar-refractivity contribution in [3.05, 3.63) is 41.1 Å². The van der Waals surface area contributed by atoms with Gasteiger partial charge in [0.1, 0.15) is 0 Å². The number of hydrogen-bond donors (Lipinski definition) is 1. The second-order valence-electron chi connectivity index (χ2n) is 5.32. The van der Waals surface area contributed by atoms with Crippen molar-refractivity contribution in [3.63, 3.8) is 0 Å². The lowest BCUT2D eigenvalue weighted by molar-refractivity contribution is 0.379. The van der Waals surface area contributed by atoms with Crippen LogP contribution in [-0.2, 0) is 6.42 Å². The molecule has 1 heterocycles. The fraction of sp³-hybridized carbons (Fsp3) is 0.438. The van der Waals surface area contributed by atoms with Crippen LogP contribution in [0.25, 0.3) is 5.69 Å². The molecule has 0 bridgehead atoms. The minimum absolute atomic E-state index is 0.344. The molecule has 0 amide bonds. The number of nitrogens with zero attached hydrogens (tertiary/aromatic N) is 2.